The van der Waals surface area contributed by atoms with Gasteiger partial charge in [0.25, 0.3) is 0 Å². The van der Waals surface area contributed by atoms with Crippen LogP contribution in [0.5, 0.6) is 5.75 Å². The fourth-order valence-corrected chi connectivity index (χ4v) is 3.34. The van der Waals surface area contributed by atoms with Crippen molar-refractivity contribution in [3.05, 3.63) is 94.8 Å². The van der Waals surface area contributed by atoms with Crippen LogP contribution in [-0.4, -0.2) is 27.3 Å². The van der Waals surface area contributed by atoms with Crippen LogP contribution < -0.4 is 4.74 Å². The van der Waals surface area contributed by atoms with Crippen LogP contribution >= 0.6 is 0 Å². The van der Waals surface area contributed by atoms with Gasteiger partial charge in [-0.3, -0.25) is 10.2 Å². The minimum Gasteiger partial charge on any atom is -0.486 e. The molecule has 6 nitrogen and oxygen atoms in total. The van der Waals surface area contributed by atoms with Gasteiger partial charge in [-0.1, -0.05) is 24.3 Å². The molecule has 0 aliphatic carbocycles. The highest BCUT2D eigenvalue weighted by atomic mass is 19.1. The third kappa shape index (κ3) is 4.55. The van der Waals surface area contributed by atoms with Crippen LogP contribution in [0, 0.1) is 17.0 Å². The second-order valence-electron chi connectivity index (χ2n) is 7.56. The van der Waals surface area contributed by atoms with E-state index < -0.39 is 23.0 Å². The Morgan fingerprint density at radius 3 is 2.61 bits per heavy atom. The van der Waals surface area contributed by atoms with Crippen molar-refractivity contribution in [2.24, 2.45) is 4.99 Å². The van der Waals surface area contributed by atoms with E-state index in [1.165, 1.54) is 6.20 Å². The van der Waals surface area contributed by atoms with Gasteiger partial charge in [0.05, 0.1) is 5.56 Å². The van der Waals surface area contributed by atoms with Crippen LogP contribution in [0.15, 0.2) is 65.9 Å². The summed E-state index contributed by atoms with van der Waals surface area (Å²) in [7, 11) is 0. The normalized spacial score (nSPS) is 10.8. The number of hydrogen-bond acceptors (Lipinski definition) is 4. The second kappa shape index (κ2) is 9.12. The molecule has 0 atom stereocenters. The van der Waals surface area contributed by atoms with Gasteiger partial charge in [0.15, 0.2) is 17.4 Å². The van der Waals surface area contributed by atoms with Gasteiger partial charge in [0.1, 0.15) is 18.1 Å². The lowest BCUT2D eigenvalue weighted by Crippen LogP contribution is -2.09. The highest BCUT2D eigenvalue weighted by molar-refractivity contribution is 6.16. The Morgan fingerprint density at radius 2 is 1.88 bits per heavy atom. The number of benzene rings is 2. The van der Waals surface area contributed by atoms with E-state index in [0.717, 1.165) is 17.8 Å². The SMILES string of the molecule is CC(C)=NC(=N)c1ccc(COc2ccc(F)c(C(=O)c3c[nH]c4ncccc34)c2F)cc1. The minimum atomic E-state index is -1.07. The van der Waals surface area contributed by atoms with Crippen LogP contribution in [0.3, 0.4) is 0 Å². The molecule has 2 heterocycles. The van der Waals surface area contributed by atoms with Crippen molar-refractivity contribution in [3.8, 4) is 5.75 Å². The molecule has 0 saturated heterocycles. The van der Waals surface area contributed by atoms with E-state index in [2.05, 4.69) is 15.0 Å². The van der Waals surface area contributed by atoms with Crippen molar-refractivity contribution in [2.75, 3.05) is 0 Å². The monoisotopic (exact) mass is 446 g/mol. The maximum atomic E-state index is 15.1. The number of ketones is 1. The highest BCUT2D eigenvalue weighted by Gasteiger charge is 2.25. The lowest BCUT2D eigenvalue weighted by atomic mass is 10.0. The number of fused-ring (bicyclic) bond motifs is 1. The Labute approximate surface area is 188 Å². The third-order valence-electron chi connectivity index (χ3n) is 4.94. The second-order valence-corrected chi connectivity index (χ2v) is 7.56. The fourth-order valence-electron chi connectivity index (χ4n) is 3.34. The first kappa shape index (κ1) is 22.0. The molecule has 2 aromatic heterocycles. The molecule has 166 valence electrons. The van der Waals surface area contributed by atoms with Crippen LogP contribution in [0.1, 0.15) is 40.9 Å². The van der Waals surface area contributed by atoms with Crippen LogP contribution in [0.25, 0.3) is 11.0 Å². The number of aliphatic imine (C=N–C) groups is 1. The zero-order valence-electron chi connectivity index (χ0n) is 17.9. The number of aromatic nitrogens is 2. The molecule has 4 aromatic rings. The predicted molar refractivity (Wildman–Crippen MR) is 122 cm³/mol. The van der Waals surface area contributed by atoms with Gasteiger partial charge in [-0.15, -0.1) is 0 Å². The first-order valence-corrected chi connectivity index (χ1v) is 10.1. The Morgan fingerprint density at radius 1 is 1.12 bits per heavy atom. The van der Waals surface area contributed by atoms with E-state index in [1.807, 2.05) is 13.8 Å². The lowest BCUT2D eigenvalue weighted by molar-refractivity contribution is 0.103. The topological polar surface area (TPSA) is 91.2 Å². The smallest absolute Gasteiger partial charge is 0.201 e. The average molecular weight is 446 g/mol. The average Bonchev–Trinajstić information content (AvgIpc) is 3.22. The Balaban J connectivity index is 1.56. The predicted octanol–water partition coefficient (Wildman–Crippen LogP) is 5.46. The molecule has 2 aromatic carbocycles. The number of carbonyl (C=O) groups excluding carboxylic acids is 1. The Hall–Kier alpha value is -4.20. The Bertz CT molecular complexity index is 1390. The summed E-state index contributed by atoms with van der Waals surface area (Å²) in [5.74, 6) is -2.94. The molecule has 0 bridgehead atoms. The van der Waals surface area contributed by atoms with Crippen LogP contribution in [0.4, 0.5) is 8.78 Å². The van der Waals surface area contributed by atoms with E-state index >= 15 is 4.39 Å². The lowest BCUT2D eigenvalue weighted by Gasteiger charge is -2.11. The van der Waals surface area contributed by atoms with Gasteiger partial charge >= 0.3 is 0 Å². The zero-order chi connectivity index (χ0) is 23.5. The summed E-state index contributed by atoms with van der Waals surface area (Å²) in [4.78, 5) is 24.0. The molecular weight excluding hydrogens is 426 g/mol. The minimum absolute atomic E-state index is 0.00310. The summed E-state index contributed by atoms with van der Waals surface area (Å²) in [5, 5.41) is 8.42. The quantitative estimate of drug-likeness (QED) is 0.234. The van der Waals surface area contributed by atoms with Gasteiger partial charge in [0, 0.05) is 34.6 Å². The molecule has 4 rings (SSSR count). The Kier molecular flexibility index (Phi) is 6.08. The number of hydrogen-bond donors (Lipinski definition) is 2. The number of H-pyrrole nitrogens is 1. The molecule has 0 fully saturated rings. The van der Waals surface area contributed by atoms with E-state index in [4.69, 9.17) is 10.1 Å². The highest BCUT2D eigenvalue weighted by Crippen LogP contribution is 2.28. The first-order valence-electron chi connectivity index (χ1n) is 10.1. The van der Waals surface area contributed by atoms with E-state index in [9.17, 15) is 9.18 Å². The molecule has 0 aliphatic heterocycles. The molecule has 0 spiro atoms. The summed E-state index contributed by atoms with van der Waals surface area (Å²) < 4.78 is 35.1. The molecule has 0 amide bonds. The van der Waals surface area contributed by atoms with Crippen LogP contribution in [-0.2, 0) is 6.61 Å². The summed E-state index contributed by atoms with van der Waals surface area (Å²) in [6, 6.07) is 12.4. The maximum absolute atomic E-state index is 15.1. The fraction of sp³-hybridized carbons (Fsp3) is 0.120. The van der Waals surface area contributed by atoms with Gasteiger partial charge in [-0.25, -0.2) is 18.8 Å². The number of ether oxygens (including phenoxy) is 1. The maximum Gasteiger partial charge on any atom is 0.201 e. The van der Waals surface area contributed by atoms with Gasteiger partial charge in [-0.2, -0.15) is 0 Å². The number of halogens is 2. The standard InChI is InChI=1S/C25H20F2N4O2/c1-14(2)31-24(28)16-7-5-15(6-8-16)13-33-20-10-9-19(26)21(22(20)27)23(32)18-12-30-25-17(18)4-3-11-29-25/h3-12,28H,13H2,1-2H3,(H,29,30). The van der Waals surface area contributed by atoms with E-state index in [-0.39, 0.29) is 23.8 Å². The van der Waals surface area contributed by atoms with Crippen molar-refractivity contribution in [3.63, 3.8) is 0 Å². The van der Waals surface area contributed by atoms with Crippen LogP contribution in [0.2, 0.25) is 0 Å². The molecule has 2 N–H and O–H groups in total. The number of pyridine rings is 1. The first-order chi connectivity index (χ1) is 15.8. The number of nitrogens with zero attached hydrogens (tertiary/aromatic N) is 2. The summed E-state index contributed by atoms with van der Waals surface area (Å²) in [6.07, 6.45) is 2.94. The number of nitrogens with one attached hydrogen (secondary N) is 2. The number of carbonyl (C=O) groups is 1. The van der Waals surface area contributed by atoms with Crippen molar-refractivity contribution in [2.45, 2.75) is 20.5 Å². The van der Waals surface area contributed by atoms with Crippen molar-refractivity contribution < 1.29 is 18.3 Å². The number of aromatic amines is 1. The molecule has 0 aliphatic rings. The summed E-state index contributed by atoms with van der Waals surface area (Å²) in [5.41, 5.74) is 2.00. The zero-order valence-corrected chi connectivity index (χ0v) is 17.9. The molecule has 0 saturated carbocycles. The van der Waals surface area contributed by atoms with Gasteiger partial charge < -0.3 is 9.72 Å². The largest absolute Gasteiger partial charge is 0.486 e. The third-order valence-corrected chi connectivity index (χ3v) is 4.94. The molecular formula is C25H20F2N4O2. The van der Waals surface area contributed by atoms with Gasteiger partial charge in [-0.05, 0) is 43.7 Å². The van der Waals surface area contributed by atoms with E-state index in [1.54, 1.807) is 42.6 Å². The van der Waals surface area contributed by atoms with Crippen molar-refractivity contribution >= 4 is 28.4 Å². The van der Waals surface area contributed by atoms with Crippen molar-refractivity contribution in [1.82, 2.24) is 9.97 Å². The molecule has 0 radical (unpaired) electrons. The summed E-state index contributed by atoms with van der Waals surface area (Å²) >= 11 is 0. The summed E-state index contributed by atoms with van der Waals surface area (Å²) in [6.45, 7) is 3.61. The molecule has 0 unspecified atom stereocenters. The molecule has 8 heteroatoms. The molecule has 33 heavy (non-hydrogen) atoms. The van der Waals surface area contributed by atoms with Crippen molar-refractivity contribution in [1.29, 1.82) is 5.41 Å². The number of amidine groups is 1. The van der Waals surface area contributed by atoms with Gasteiger partial charge in [0.2, 0.25) is 5.78 Å². The number of rotatable bonds is 6. The van der Waals surface area contributed by atoms with E-state index in [0.29, 0.717) is 22.2 Å².